The van der Waals surface area contributed by atoms with Crippen molar-refractivity contribution in [3.63, 3.8) is 0 Å². The Kier molecular flexibility index (Phi) is 4.75. The van der Waals surface area contributed by atoms with Gasteiger partial charge in [-0.3, -0.25) is 0 Å². The summed E-state index contributed by atoms with van der Waals surface area (Å²) in [5.74, 6) is 0. The summed E-state index contributed by atoms with van der Waals surface area (Å²) in [6.07, 6.45) is 0. The summed E-state index contributed by atoms with van der Waals surface area (Å²) in [5.41, 5.74) is 12.4. The Balaban J connectivity index is 1.23. The van der Waals surface area contributed by atoms with Gasteiger partial charge in [-0.1, -0.05) is 115 Å². The fourth-order valence-corrected chi connectivity index (χ4v) is 7.59. The normalized spacial score (nSPS) is 12.1. The highest BCUT2D eigenvalue weighted by atomic mass is 15.0. The number of hydrogen-bond donors (Lipinski definition) is 0. The summed E-state index contributed by atoms with van der Waals surface area (Å²) >= 11 is 0. The third-order valence-corrected chi connectivity index (χ3v) is 9.44. The van der Waals surface area contributed by atoms with Crippen LogP contribution >= 0.6 is 0 Å². The molecule has 0 aliphatic carbocycles. The molecule has 2 heteroatoms. The molecule has 0 aliphatic heterocycles. The number of nitrogens with zero attached hydrogens (tertiary/aromatic N) is 2. The average Bonchev–Trinajstić information content (AvgIpc) is 3.74. The zero-order chi connectivity index (χ0) is 28.8. The highest BCUT2D eigenvalue weighted by Crippen LogP contribution is 2.43. The number of benzene rings is 7. The summed E-state index contributed by atoms with van der Waals surface area (Å²) in [6, 6.07) is 57.6. The zero-order valence-corrected chi connectivity index (χ0v) is 23.9. The number of hydrogen-bond acceptors (Lipinski definition) is 0. The van der Waals surface area contributed by atoms with E-state index in [9.17, 15) is 0 Å². The molecule has 0 radical (unpaired) electrons. The van der Waals surface area contributed by atoms with E-state index in [0.29, 0.717) is 0 Å². The van der Waals surface area contributed by atoms with Gasteiger partial charge in [0.25, 0.3) is 0 Å². The molecule has 204 valence electrons. The third-order valence-electron chi connectivity index (χ3n) is 9.44. The van der Waals surface area contributed by atoms with Gasteiger partial charge in [0, 0.05) is 38.0 Å². The van der Waals surface area contributed by atoms with Crippen molar-refractivity contribution in [2.45, 2.75) is 0 Å². The zero-order valence-electron chi connectivity index (χ0n) is 23.9. The highest BCUT2D eigenvalue weighted by molar-refractivity contribution is 6.26. The summed E-state index contributed by atoms with van der Waals surface area (Å²) in [6.45, 7) is 0. The van der Waals surface area contributed by atoms with E-state index >= 15 is 0 Å². The number of fused-ring (bicyclic) bond motifs is 9. The first-order valence-corrected chi connectivity index (χ1v) is 15.2. The van der Waals surface area contributed by atoms with E-state index in [4.69, 9.17) is 0 Å². The van der Waals surface area contributed by atoms with Crippen LogP contribution in [0.25, 0.3) is 87.8 Å². The van der Waals surface area contributed by atoms with Gasteiger partial charge in [0.1, 0.15) is 0 Å². The van der Waals surface area contributed by atoms with Gasteiger partial charge in [-0.05, 0) is 64.7 Å². The van der Waals surface area contributed by atoms with Crippen LogP contribution in [0.4, 0.5) is 0 Å². The maximum Gasteiger partial charge on any atom is 0.0620 e. The first-order chi connectivity index (χ1) is 21.8. The maximum atomic E-state index is 2.46. The average molecular weight is 559 g/mol. The maximum absolute atomic E-state index is 2.46. The number of rotatable bonds is 3. The van der Waals surface area contributed by atoms with Crippen LogP contribution in [0.5, 0.6) is 0 Å². The van der Waals surface area contributed by atoms with Gasteiger partial charge < -0.3 is 8.97 Å². The van der Waals surface area contributed by atoms with Crippen molar-refractivity contribution in [1.29, 1.82) is 0 Å². The summed E-state index contributed by atoms with van der Waals surface area (Å²) in [4.78, 5) is 0. The van der Waals surface area contributed by atoms with Crippen molar-refractivity contribution < 1.29 is 0 Å². The minimum atomic E-state index is 1.17. The van der Waals surface area contributed by atoms with Gasteiger partial charge in [0.05, 0.1) is 27.6 Å². The van der Waals surface area contributed by atoms with E-state index in [2.05, 4.69) is 167 Å². The molecule has 0 saturated carbocycles. The van der Waals surface area contributed by atoms with E-state index in [1.165, 1.54) is 87.8 Å². The molecule has 0 amide bonds. The van der Waals surface area contributed by atoms with Gasteiger partial charge in [0.2, 0.25) is 0 Å². The molecule has 3 heterocycles. The number of aromatic nitrogens is 2. The van der Waals surface area contributed by atoms with Crippen LogP contribution in [-0.4, -0.2) is 8.97 Å². The molecule has 0 atom stereocenters. The Bertz CT molecular complexity index is 2710. The van der Waals surface area contributed by atoms with Gasteiger partial charge in [0.15, 0.2) is 0 Å². The predicted octanol–water partition coefficient (Wildman–Crippen LogP) is 11.3. The Hall–Kier alpha value is -5.86. The fourth-order valence-electron chi connectivity index (χ4n) is 7.59. The molecule has 0 bridgehead atoms. The lowest BCUT2D eigenvalue weighted by molar-refractivity contribution is 1.18. The Morgan fingerprint density at radius 1 is 0.341 bits per heavy atom. The highest BCUT2D eigenvalue weighted by Gasteiger charge is 2.20. The van der Waals surface area contributed by atoms with Gasteiger partial charge >= 0.3 is 0 Å². The van der Waals surface area contributed by atoms with E-state index in [1.54, 1.807) is 0 Å². The topological polar surface area (TPSA) is 9.34 Å². The smallest absolute Gasteiger partial charge is 0.0620 e. The van der Waals surface area contributed by atoms with Gasteiger partial charge in [-0.2, -0.15) is 0 Å². The van der Waals surface area contributed by atoms with Crippen LogP contribution in [0, 0.1) is 0 Å². The second-order valence-electron chi connectivity index (χ2n) is 11.8. The Labute approximate surface area is 254 Å². The molecular weight excluding hydrogens is 532 g/mol. The lowest BCUT2D eigenvalue weighted by Gasteiger charge is -2.11. The monoisotopic (exact) mass is 558 g/mol. The van der Waals surface area contributed by atoms with Crippen molar-refractivity contribution in [3.8, 4) is 27.9 Å². The quantitative estimate of drug-likeness (QED) is 0.204. The van der Waals surface area contributed by atoms with Crippen LogP contribution in [0.2, 0.25) is 0 Å². The lowest BCUT2D eigenvalue weighted by Crippen LogP contribution is -1.94. The second kappa shape index (κ2) is 8.82. The van der Waals surface area contributed by atoms with Crippen LogP contribution < -0.4 is 0 Å². The van der Waals surface area contributed by atoms with Gasteiger partial charge in [-0.15, -0.1) is 0 Å². The second-order valence-corrected chi connectivity index (χ2v) is 11.8. The molecule has 3 aromatic heterocycles. The van der Waals surface area contributed by atoms with Crippen molar-refractivity contribution in [3.05, 3.63) is 158 Å². The van der Waals surface area contributed by atoms with Crippen LogP contribution in [0.3, 0.4) is 0 Å². The standard InChI is InChI=1S/C42H26N2/c1-2-11-27(12-3-1)28-13-8-14-30(25-28)43-37-20-6-5-16-33(37)36-26-29(23-24-39(36)43)31-17-10-22-40-41(31)35-19-9-18-34-32-15-4-7-21-38(32)44(40)42(34)35/h1-26H. The largest absolute Gasteiger partial charge is 0.309 e. The minimum absolute atomic E-state index is 1.17. The van der Waals surface area contributed by atoms with Crippen LogP contribution in [0.1, 0.15) is 0 Å². The summed E-state index contributed by atoms with van der Waals surface area (Å²) < 4.78 is 4.87. The molecule has 0 saturated heterocycles. The van der Waals surface area contributed by atoms with Crippen molar-refractivity contribution in [1.82, 2.24) is 8.97 Å². The minimum Gasteiger partial charge on any atom is -0.309 e. The molecule has 0 N–H and O–H groups in total. The summed E-state index contributed by atoms with van der Waals surface area (Å²) in [5, 5.41) is 7.79. The fraction of sp³-hybridized carbons (Fsp3) is 0. The molecule has 7 aromatic carbocycles. The molecule has 10 rings (SSSR count). The first kappa shape index (κ1) is 23.7. The molecule has 0 fully saturated rings. The van der Waals surface area contributed by atoms with Gasteiger partial charge in [-0.25, -0.2) is 0 Å². The molecule has 44 heavy (non-hydrogen) atoms. The van der Waals surface area contributed by atoms with E-state index in [-0.39, 0.29) is 0 Å². The van der Waals surface area contributed by atoms with Crippen molar-refractivity contribution in [2.24, 2.45) is 0 Å². The summed E-state index contributed by atoms with van der Waals surface area (Å²) in [7, 11) is 0. The van der Waals surface area contributed by atoms with Crippen LogP contribution in [-0.2, 0) is 0 Å². The van der Waals surface area contributed by atoms with Crippen molar-refractivity contribution in [2.75, 3.05) is 0 Å². The van der Waals surface area contributed by atoms with Crippen LogP contribution in [0.15, 0.2) is 158 Å². The molecule has 10 aromatic rings. The third kappa shape index (κ3) is 3.14. The predicted molar refractivity (Wildman–Crippen MR) is 186 cm³/mol. The molecule has 0 aliphatic rings. The van der Waals surface area contributed by atoms with Crippen molar-refractivity contribution >= 4 is 59.9 Å². The molecular formula is C42H26N2. The molecule has 0 spiro atoms. The molecule has 2 nitrogen and oxygen atoms in total. The lowest BCUT2D eigenvalue weighted by atomic mass is 9.97. The SMILES string of the molecule is c1ccc(-c2cccc(-n3c4ccccc4c4cc(-c5cccc6c5c5cccc7c8ccccc8n6c75)ccc43)c2)cc1. The molecule has 0 unspecified atom stereocenters. The van der Waals surface area contributed by atoms with E-state index < -0.39 is 0 Å². The Morgan fingerprint density at radius 2 is 0.977 bits per heavy atom. The first-order valence-electron chi connectivity index (χ1n) is 15.2. The Morgan fingerprint density at radius 3 is 1.86 bits per heavy atom. The van der Waals surface area contributed by atoms with E-state index in [0.717, 1.165) is 0 Å². The number of para-hydroxylation sites is 3. The van der Waals surface area contributed by atoms with E-state index in [1.807, 2.05) is 0 Å².